The molecule has 0 aromatic rings. The second kappa shape index (κ2) is 4.07. The van der Waals surface area contributed by atoms with Gasteiger partial charge in [-0.2, -0.15) is 0 Å². The third-order valence-electron chi connectivity index (χ3n) is 2.78. The Morgan fingerprint density at radius 1 is 1.46 bits per heavy atom. The van der Waals surface area contributed by atoms with Gasteiger partial charge in [0.15, 0.2) is 0 Å². The smallest absolute Gasteiger partial charge is 0.304 e. The molecule has 0 spiro atoms. The molecule has 4 heteroatoms. The highest BCUT2D eigenvalue weighted by molar-refractivity contribution is 5.67. The van der Waals surface area contributed by atoms with Gasteiger partial charge in [-0.3, -0.25) is 9.69 Å². The molecule has 1 heterocycles. The number of carboxylic acid groups (broad SMARTS) is 1. The van der Waals surface area contributed by atoms with E-state index in [1.807, 2.05) is 14.1 Å². The third-order valence-corrected chi connectivity index (χ3v) is 2.78. The lowest BCUT2D eigenvalue weighted by Crippen LogP contribution is -2.55. The number of likely N-dealkylation sites (N-methyl/N-ethyl adjacent to an activating group) is 2. The van der Waals surface area contributed by atoms with E-state index >= 15 is 0 Å². The van der Waals surface area contributed by atoms with Crippen LogP contribution in [0, 0.1) is 0 Å². The lowest BCUT2D eigenvalue weighted by molar-refractivity contribution is -0.139. The SMILES string of the molecule is C[C@@H]1CN(C)C[C@H](CC(=O)O)N1C. The van der Waals surface area contributed by atoms with Crippen LogP contribution in [0.1, 0.15) is 13.3 Å². The van der Waals surface area contributed by atoms with Crippen LogP contribution < -0.4 is 0 Å². The number of hydrogen-bond acceptors (Lipinski definition) is 3. The summed E-state index contributed by atoms with van der Waals surface area (Å²) < 4.78 is 0. The van der Waals surface area contributed by atoms with Crippen LogP contribution in [0.5, 0.6) is 0 Å². The van der Waals surface area contributed by atoms with Crippen molar-refractivity contribution >= 4 is 5.97 Å². The van der Waals surface area contributed by atoms with E-state index in [4.69, 9.17) is 5.11 Å². The molecule has 0 aromatic carbocycles. The molecule has 1 aliphatic heterocycles. The van der Waals surface area contributed by atoms with Gasteiger partial charge in [-0.1, -0.05) is 0 Å². The normalized spacial score (nSPS) is 31.9. The Kier molecular flexibility index (Phi) is 3.27. The molecule has 0 saturated carbocycles. The number of aliphatic carboxylic acids is 1. The molecule has 1 saturated heterocycles. The van der Waals surface area contributed by atoms with Gasteiger partial charge in [0.2, 0.25) is 0 Å². The Morgan fingerprint density at radius 3 is 2.62 bits per heavy atom. The Labute approximate surface area is 79.1 Å². The molecule has 1 fully saturated rings. The summed E-state index contributed by atoms with van der Waals surface area (Å²) in [5, 5.41) is 8.71. The Morgan fingerprint density at radius 2 is 2.08 bits per heavy atom. The summed E-state index contributed by atoms with van der Waals surface area (Å²) in [7, 11) is 4.05. The quantitative estimate of drug-likeness (QED) is 0.664. The van der Waals surface area contributed by atoms with Crippen molar-refractivity contribution in [2.45, 2.75) is 25.4 Å². The van der Waals surface area contributed by atoms with Crippen LogP contribution in [0.3, 0.4) is 0 Å². The average molecular weight is 186 g/mol. The number of carboxylic acids is 1. The number of rotatable bonds is 2. The first-order valence-electron chi connectivity index (χ1n) is 4.63. The summed E-state index contributed by atoms with van der Waals surface area (Å²) in [5.41, 5.74) is 0. The van der Waals surface area contributed by atoms with Crippen LogP contribution in [0.4, 0.5) is 0 Å². The predicted molar refractivity (Wildman–Crippen MR) is 50.8 cm³/mol. The zero-order valence-electron chi connectivity index (χ0n) is 8.53. The second-order valence-electron chi connectivity index (χ2n) is 3.99. The fourth-order valence-electron chi connectivity index (χ4n) is 1.91. The largest absolute Gasteiger partial charge is 0.481 e. The summed E-state index contributed by atoms with van der Waals surface area (Å²) in [4.78, 5) is 14.9. The van der Waals surface area contributed by atoms with Crippen molar-refractivity contribution in [3.63, 3.8) is 0 Å². The first-order valence-corrected chi connectivity index (χ1v) is 4.63. The van der Waals surface area contributed by atoms with Crippen LogP contribution >= 0.6 is 0 Å². The molecule has 76 valence electrons. The molecule has 0 unspecified atom stereocenters. The van der Waals surface area contributed by atoms with Gasteiger partial charge in [-0.15, -0.1) is 0 Å². The molecule has 0 aromatic heterocycles. The van der Waals surface area contributed by atoms with Crippen molar-refractivity contribution < 1.29 is 9.90 Å². The maximum absolute atomic E-state index is 10.6. The minimum atomic E-state index is -0.709. The molecule has 4 nitrogen and oxygen atoms in total. The molecule has 1 rings (SSSR count). The van der Waals surface area contributed by atoms with Gasteiger partial charge in [0, 0.05) is 25.2 Å². The first-order chi connectivity index (χ1) is 6.00. The molecular weight excluding hydrogens is 168 g/mol. The van der Waals surface area contributed by atoms with Gasteiger partial charge in [-0.25, -0.2) is 0 Å². The molecular formula is C9H18N2O2. The zero-order valence-corrected chi connectivity index (χ0v) is 8.53. The predicted octanol–water partition coefficient (Wildman–Crippen LogP) is 0.0954. The first kappa shape index (κ1) is 10.5. The molecule has 1 N–H and O–H groups in total. The Bertz CT molecular complexity index is 196. The highest BCUT2D eigenvalue weighted by Gasteiger charge is 2.28. The number of nitrogens with zero attached hydrogens (tertiary/aromatic N) is 2. The van der Waals surface area contributed by atoms with Gasteiger partial charge < -0.3 is 10.0 Å². The van der Waals surface area contributed by atoms with E-state index in [0.717, 1.165) is 13.1 Å². The summed E-state index contributed by atoms with van der Waals surface area (Å²) >= 11 is 0. The second-order valence-corrected chi connectivity index (χ2v) is 3.99. The lowest BCUT2D eigenvalue weighted by Gasteiger charge is -2.41. The van der Waals surface area contributed by atoms with Crippen molar-refractivity contribution in [2.75, 3.05) is 27.2 Å². The van der Waals surface area contributed by atoms with E-state index < -0.39 is 5.97 Å². The molecule has 13 heavy (non-hydrogen) atoms. The van der Waals surface area contributed by atoms with Gasteiger partial charge in [0.1, 0.15) is 0 Å². The maximum atomic E-state index is 10.6. The van der Waals surface area contributed by atoms with Crippen molar-refractivity contribution in [1.82, 2.24) is 9.80 Å². The molecule has 0 radical (unpaired) electrons. The van der Waals surface area contributed by atoms with Crippen molar-refractivity contribution in [1.29, 1.82) is 0 Å². The van der Waals surface area contributed by atoms with Gasteiger partial charge in [0.25, 0.3) is 0 Å². The van der Waals surface area contributed by atoms with Gasteiger partial charge in [-0.05, 0) is 21.0 Å². The van der Waals surface area contributed by atoms with E-state index in [1.54, 1.807) is 0 Å². The molecule has 0 amide bonds. The maximum Gasteiger partial charge on any atom is 0.304 e. The number of piperazine rings is 1. The van der Waals surface area contributed by atoms with Crippen molar-refractivity contribution in [3.8, 4) is 0 Å². The highest BCUT2D eigenvalue weighted by Crippen LogP contribution is 2.14. The van der Waals surface area contributed by atoms with Crippen LogP contribution in [0.15, 0.2) is 0 Å². The summed E-state index contributed by atoms with van der Waals surface area (Å²) in [6.45, 7) is 4.00. The highest BCUT2D eigenvalue weighted by atomic mass is 16.4. The summed E-state index contributed by atoms with van der Waals surface area (Å²) in [6.07, 6.45) is 0.241. The van der Waals surface area contributed by atoms with E-state index in [0.29, 0.717) is 6.04 Å². The molecule has 0 aliphatic carbocycles. The number of hydrogen-bond donors (Lipinski definition) is 1. The molecule has 2 atom stereocenters. The lowest BCUT2D eigenvalue weighted by atomic mass is 10.1. The summed E-state index contributed by atoms with van der Waals surface area (Å²) in [5.74, 6) is -0.709. The fourth-order valence-corrected chi connectivity index (χ4v) is 1.91. The van der Waals surface area contributed by atoms with E-state index in [-0.39, 0.29) is 12.5 Å². The topological polar surface area (TPSA) is 43.8 Å². The fraction of sp³-hybridized carbons (Fsp3) is 0.889. The third kappa shape index (κ3) is 2.67. The monoisotopic (exact) mass is 186 g/mol. The number of carbonyl (C=O) groups is 1. The average Bonchev–Trinajstić information content (AvgIpc) is 1.98. The van der Waals surface area contributed by atoms with Crippen LogP contribution in [0.25, 0.3) is 0 Å². The van der Waals surface area contributed by atoms with E-state index in [2.05, 4.69) is 16.7 Å². The molecule has 1 aliphatic rings. The minimum Gasteiger partial charge on any atom is -0.481 e. The molecule has 0 bridgehead atoms. The Hall–Kier alpha value is -0.610. The summed E-state index contributed by atoms with van der Waals surface area (Å²) in [6, 6.07) is 0.606. The standard InChI is InChI=1S/C9H18N2O2/c1-7-5-10(2)6-8(11(7)3)4-9(12)13/h7-8H,4-6H2,1-3H3,(H,12,13)/t7-,8+/m1/s1. The van der Waals surface area contributed by atoms with E-state index in [1.165, 1.54) is 0 Å². The van der Waals surface area contributed by atoms with Gasteiger partial charge >= 0.3 is 5.97 Å². The van der Waals surface area contributed by atoms with E-state index in [9.17, 15) is 4.79 Å². The Balaban J connectivity index is 2.55. The minimum absolute atomic E-state index is 0.159. The van der Waals surface area contributed by atoms with Crippen LogP contribution in [-0.4, -0.2) is 60.1 Å². The van der Waals surface area contributed by atoms with Crippen LogP contribution in [0.2, 0.25) is 0 Å². The van der Waals surface area contributed by atoms with Gasteiger partial charge in [0.05, 0.1) is 6.42 Å². The zero-order chi connectivity index (χ0) is 10.0. The van der Waals surface area contributed by atoms with Crippen molar-refractivity contribution in [3.05, 3.63) is 0 Å². The van der Waals surface area contributed by atoms with Crippen molar-refractivity contribution in [2.24, 2.45) is 0 Å². The van der Waals surface area contributed by atoms with Crippen LogP contribution in [-0.2, 0) is 4.79 Å².